The number of aryl methyl sites for hydroxylation is 1. The van der Waals surface area contributed by atoms with E-state index in [0.717, 1.165) is 38.0 Å². The molecule has 1 heterocycles. The molecule has 1 aromatic carbocycles. The van der Waals surface area contributed by atoms with Gasteiger partial charge in [-0.15, -0.1) is 0 Å². The molecule has 1 atom stereocenters. The molecule has 1 aromatic rings. The molecule has 3 rings (SSSR count). The smallest absolute Gasteiger partial charge is 0.0916 e. The van der Waals surface area contributed by atoms with Gasteiger partial charge in [-0.1, -0.05) is 49.1 Å². The van der Waals surface area contributed by atoms with Crippen LogP contribution in [0, 0.1) is 6.92 Å². The van der Waals surface area contributed by atoms with Crippen LogP contribution in [0.25, 0.3) is 0 Å². The first-order valence-corrected chi connectivity index (χ1v) is 9.33. The second-order valence-corrected chi connectivity index (χ2v) is 7.32. The van der Waals surface area contributed by atoms with Crippen molar-refractivity contribution in [3.63, 3.8) is 0 Å². The first kappa shape index (κ1) is 16.9. The Morgan fingerprint density at radius 3 is 2.26 bits per heavy atom. The number of β-amino-alcohol motifs (C(OH)–C–C–N with tert-alkyl or cyclic N) is 1. The normalized spacial score (nSPS) is 23.0. The largest absolute Gasteiger partial charge is 0.387 e. The molecular formula is C20H31NO2. The Morgan fingerprint density at radius 2 is 1.61 bits per heavy atom. The molecule has 0 amide bonds. The molecular weight excluding hydrogens is 286 g/mol. The maximum atomic E-state index is 10.4. The standard InChI is InChI=1S/C20H31NO2/c1-16-7-9-17(10-8-16)20(22)15-21-13-11-19(12-14-21)23-18-5-3-2-4-6-18/h7-10,18-20,22H,2-6,11-15H2,1H3. The zero-order valence-electron chi connectivity index (χ0n) is 14.4. The highest BCUT2D eigenvalue weighted by Gasteiger charge is 2.25. The Morgan fingerprint density at radius 1 is 1.00 bits per heavy atom. The highest BCUT2D eigenvalue weighted by Crippen LogP contribution is 2.25. The number of ether oxygens (including phenoxy) is 1. The predicted molar refractivity (Wildman–Crippen MR) is 93.6 cm³/mol. The summed E-state index contributed by atoms with van der Waals surface area (Å²) in [5, 5.41) is 10.4. The molecule has 0 bridgehead atoms. The molecule has 2 fully saturated rings. The van der Waals surface area contributed by atoms with Gasteiger partial charge in [-0.2, -0.15) is 0 Å². The molecule has 23 heavy (non-hydrogen) atoms. The third kappa shape index (κ3) is 5.03. The summed E-state index contributed by atoms with van der Waals surface area (Å²) in [6.07, 6.45) is 9.36. The van der Waals surface area contributed by atoms with Crippen molar-refractivity contribution >= 4 is 0 Å². The number of hydrogen-bond acceptors (Lipinski definition) is 3. The van der Waals surface area contributed by atoms with E-state index < -0.39 is 0 Å². The van der Waals surface area contributed by atoms with E-state index in [-0.39, 0.29) is 6.10 Å². The van der Waals surface area contributed by atoms with Crippen LogP contribution in [0.3, 0.4) is 0 Å². The number of rotatable bonds is 5. The van der Waals surface area contributed by atoms with Gasteiger partial charge in [0.25, 0.3) is 0 Å². The molecule has 0 spiro atoms. The van der Waals surface area contributed by atoms with Crippen LogP contribution in [0.4, 0.5) is 0 Å². The van der Waals surface area contributed by atoms with Crippen LogP contribution >= 0.6 is 0 Å². The summed E-state index contributed by atoms with van der Waals surface area (Å²) in [6, 6.07) is 8.23. The van der Waals surface area contributed by atoms with Crippen LogP contribution in [0.2, 0.25) is 0 Å². The average Bonchev–Trinajstić information content (AvgIpc) is 2.58. The first-order valence-electron chi connectivity index (χ1n) is 9.33. The third-order valence-electron chi connectivity index (χ3n) is 5.36. The summed E-state index contributed by atoms with van der Waals surface area (Å²) in [6.45, 7) is 4.90. The fourth-order valence-corrected chi connectivity index (χ4v) is 3.84. The lowest BCUT2D eigenvalue weighted by atomic mass is 9.97. The molecule has 1 aliphatic heterocycles. The molecule has 0 radical (unpaired) electrons. The fraction of sp³-hybridized carbons (Fsp3) is 0.700. The maximum Gasteiger partial charge on any atom is 0.0916 e. The van der Waals surface area contributed by atoms with Crippen molar-refractivity contribution in [3.05, 3.63) is 35.4 Å². The molecule has 3 heteroatoms. The monoisotopic (exact) mass is 317 g/mol. The molecule has 128 valence electrons. The van der Waals surface area contributed by atoms with Crippen LogP contribution in [-0.4, -0.2) is 41.8 Å². The maximum absolute atomic E-state index is 10.4. The fourth-order valence-electron chi connectivity index (χ4n) is 3.84. The zero-order chi connectivity index (χ0) is 16.1. The summed E-state index contributed by atoms with van der Waals surface area (Å²) in [7, 11) is 0. The van der Waals surface area contributed by atoms with Gasteiger partial charge in [-0.25, -0.2) is 0 Å². The summed E-state index contributed by atoms with van der Waals surface area (Å²) >= 11 is 0. The van der Waals surface area contributed by atoms with Gasteiger partial charge < -0.3 is 14.7 Å². The molecule has 0 aromatic heterocycles. The molecule has 3 nitrogen and oxygen atoms in total. The van der Waals surface area contributed by atoms with Crippen LogP contribution in [0.15, 0.2) is 24.3 Å². The lowest BCUT2D eigenvalue weighted by Gasteiger charge is -2.35. The van der Waals surface area contributed by atoms with Gasteiger partial charge >= 0.3 is 0 Å². The second-order valence-electron chi connectivity index (χ2n) is 7.32. The molecule has 1 saturated carbocycles. The highest BCUT2D eigenvalue weighted by atomic mass is 16.5. The number of benzene rings is 1. The molecule has 1 N–H and O–H groups in total. The Bertz CT molecular complexity index is 459. The quantitative estimate of drug-likeness (QED) is 0.895. The van der Waals surface area contributed by atoms with Gasteiger partial charge in [0.15, 0.2) is 0 Å². The van der Waals surface area contributed by atoms with Crippen LogP contribution in [-0.2, 0) is 4.74 Å². The molecule has 2 aliphatic rings. The van der Waals surface area contributed by atoms with E-state index in [4.69, 9.17) is 4.74 Å². The highest BCUT2D eigenvalue weighted by molar-refractivity contribution is 5.23. The number of aliphatic hydroxyl groups excluding tert-OH is 1. The van der Waals surface area contributed by atoms with E-state index in [1.54, 1.807) is 0 Å². The number of piperidine rings is 1. The van der Waals surface area contributed by atoms with Crippen molar-refractivity contribution in [2.75, 3.05) is 19.6 Å². The average molecular weight is 317 g/mol. The SMILES string of the molecule is Cc1ccc(C(O)CN2CCC(OC3CCCCC3)CC2)cc1. The van der Waals surface area contributed by atoms with Gasteiger partial charge in [-0.05, 0) is 38.2 Å². The minimum absolute atomic E-state index is 0.383. The topological polar surface area (TPSA) is 32.7 Å². The van der Waals surface area contributed by atoms with Crippen molar-refractivity contribution < 1.29 is 9.84 Å². The Labute approximate surface area is 140 Å². The lowest BCUT2D eigenvalue weighted by molar-refractivity contribution is -0.0591. The van der Waals surface area contributed by atoms with Crippen LogP contribution < -0.4 is 0 Å². The van der Waals surface area contributed by atoms with Gasteiger partial charge in [-0.3, -0.25) is 0 Å². The van der Waals surface area contributed by atoms with Gasteiger partial charge in [0.05, 0.1) is 18.3 Å². The third-order valence-corrected chi connectivity index (χ3v) is 5.36. The summed E-state index contributed by atoms with van der Waals surface area (Å²) in [4.78, 5) is 2.38. The molecule has 1 saturated heterocycles. The van der Waals surface area contributed by atoms with E-state index in [0.29, 0.717) is 12.2 Å². The van der Waals surface area contributed by atoms with E-state index >= 15 is 0 Å². The lowest BCUT2D eigenvalue weighted by Crippen LogP contribution is -2.40. The Balaban J connectivity index is 1.40. The predicted octanol–water partition coefficient (Wildman–Crippen LogP) is 3.84. The zero-order valence-corrected chi connectivity index (χ0v) is 14.4. The summed E-state index contributed by atoms with van der Waals surface area (Å²) < 4.78 is 6.29. The molecule has 1 aliphatic carbocycles. The van der Waals surface area contributed by atoms with Crippen molar-refractivity contribution in [3.8, 4) is 0 Å². The Hall–Kier alpha value is -0.900. The minimum atomic E-state index is -0.383. The van der Waals surface area contributed by atoms with E-state index in [9.17, 15) is 5.11 Å². The number of hydrogen-bond donors (Lipinski definition) is 1. The van der Waals surface area contributed by atoms with E-state index in [1.807, 2.05) is 12.1 Å². The van der Waals surface area contributed by atoms with Gasteiger partial charge in [0.1, 0.15) is 0 Å². The number of likely N-dealkylation sites (tertiary alicyclic amines) is 1. The van der Waals surface area contributed by atoms with Crippen LogP contribution in [0.1, 0.15) is 62.2 Å². The van der Waals surface area contributed by atoms with Crippen molar-refractivity contribution in [1.82, 2.24) is 4.90 Å². The Kier molecular flexibility index (Phi) is 6.09. The van der Waals surface area contributed by atoms with Crippen molar-refractivity contribution in [1.29, 1.82) is 0 Å². The second kappa shape index (κ2) is 8.27. The van der Waals surface area contributed by atoms with E-state index in [1.165, 1.54) is 37.7 Å². The minimum Gasteiger partial charge on any atom is -0.387 e. The summed E-state index contributed by atoms with van der Waals surface area (Å²) in [5.41, 5.74) is 2.26. The van der Waals surface area contributed by atoms with Crippen LogP contribution in [0.5, 0.6) is 0 Å². The van der Waals surface area contributed by atoms with Gasteiger partial charge in [0, 0.05) is 19.6 Å². The number of aliphatic hydroxyl groups is 1. The summed E-state index contributed by atoms with van der Waals surface area (Å²) in [5.74, 6) is 0. The molecule has 1 unspecified atom stereocenters. The van der Waals surface area contributed by atoms with Crippen molar-refractivity contribution in [2.45, 2.75) is 70.2 Å². The number of nitrogens with zero attached hydrogens (tertiary/aromatic N) is 1. The van der Waals surface area contributed by atoms with Gasteiger partial charge in [0.2, 0.25) is 0 Å². The van der Waals surface area contributed by atoms with E-state index in [2.05, 4.69) is 24.0 Å². The first-order chi connectivity index (χ1) is 11.2. The van der Waals surface area contributed by atoms with Crippen molar-refractivity contribution in [2.24, 2.45) is 0 Å².